The molecule has 0 aromatic heterocycles. The van der Waals surface area contributed by atoms with Crippen LogP contribution in [0.15, 0.2) is 24.3 Å². The van der Waals surface area contributed by atoms with Gasteiger partial charge in [0.05, 0.1) is 6.10 Å². The normalized spacial score (nSPS) is 14.9. The molecule has 0 radical (unpaired) electrons. The van der Waals surface area contributed by atoms with E-state index in [1.807, 2.05) is 24.3 Å². The van der Waals surface area contributed by atoms with E-state index in [0.717, 1.165) is 12.0 Å². The SMILES string of the molecule is CCC(NCC(O)c1ccc(C)cc1)C(C)C. The van der Waals surface area contributed by atoms with Gasteiger partial charge in [0.2, 0.25) is 0 Å². The van der Waals surface area contributed by atoms with E-state index >= 15 is 0 Å². The zero-order valence-electron chi connectivity index (χ0n) is 11.4. The van der Waals surface area contributed by atoms with Gasteiger partial charge >= 0.3 is 0 Å². The van der Waals surface area contributed by atoms with Gasteiger partial charge in [-0.2, -0.15) is 0 Å². The predicted octanol–water partition coefficient (Wildman–Crippen LogP) is 3.05. The minimum atomic E-state index is -0.414. The number of aliphatic hydroxyl groups excluding tert-OH is 1. The zero-order valence-corrected chi connectivity index (χ0v) is 11.4. The van der Waals surface area contributed by atoms with Crippen LogP contribution in [0.4, 0.5) is 0 Å². The molecule has 0 bridgehead atoms. The van der Waals surface area contributed by atoms with Crippen LogP contribution in [0.2, 0.25) is 0 Å². The summed E-state index contributed by atoms with van der Waals surface area (Å²) in [6.07, 6.45) is 0.682. The number of aryl methyl sites for hydroxylation is 1. The van der Waals surface area contributed by atoms with Crippen LogP contribution in [0.1, 0.15) is 44.4 Å². The molecule has 17 heavy (non-hydrogen) atoms. The van der Waals surface area contributed by atoms with Gasteiger partial charge in [-0.05, 0) is 24.8 Å². The van der Waals surface area contributed by atoms with E-state index in [-0.39, 0.29) is 0 Å². The van der Waals surface area contributed by atoms with Gasteiger partial charge in [0.25, 0.3) is 0 Å². The third-order valence-corrected chi connectivity index (χ3v) is 3.28. The summed E-state index contributed by atoms with van der Waals surface area (Å²) in [5.74, 6) is 0.602. The average Bonchev–Trinajstić information content (AvgIpc) is 2.30. The highest BCUT2D eigenvalue weighted by Crippen LogP contribution is 2.14. The third-order valence-electron chi connectivity index (χ3n) is 3.28. The van der Waals surface area contributed by atoms with Crippen molar-refractivity contribution in [2.45, 2.75) is 46.3 Å². The van der Waals surface area contributed by atoms with Crippen LogP contribution in [0.25, 0.3) is 0 Å². The molecule has 0 heterocycles. The summed E-state index contributed by atoms with van der Waals surface area (Å²) in [6, 6.07) is 8.56. The Kier molecular flexibility index (Phi) is 5.66. The first-order valence-corrected chi connectivity index (χ1v) is 6.52. The minimum absolute atomic E-state index is 0.414. The van der Waals surface area contributed by atoms with E-state index in [0.29, 0.717) is 18.5 Å². The maximum atomic E-state index is 10.1. The molecule has 0 amide bonds. The first-order chi connectivity index (χ1) is 8.04. The van der Waals surface area contributed by atoms with Crippen LogP contribution in [-0.2, 0) is 0 Å². The highest BCUT2D eigenvalue weighted by atomic mass is 16.3. The van der Waals surface area contributed by atoms with E-state index in [1.54, 1.807) is 0 Å². The lowest BCUT2D eigenvalue weighted by Gasteiger charge is -2.22. The summed E-state index contributed by atoms with van der Waals surface area (Å²) in [6.45, 7) is 9.27. The molecule has 0 saturated heterocycles. The quantitative estimate of drug-likeness (QED) is 0.794. The fourth-order valence-corrected chi connectivity index (χ4v) is 2.02. The summed E-state index contributed by atoms with van der Waals surface area (Å²) in [5.41, 5.74) is 2.21. The molecule has 2 N–H and O–H groups in total. The monoisotopic (exact) mass is 235 g/mol. The molecule has 0 saturated carbocycles. The van der Waals surface area contributed by atoms with E-state index < -0.39 is 6.10 Å². The van der Waals surface area contributed by atoms with Crippen molar-refractivity contribution >= 4 is 0 Å². The average molecular weight is 235 g/mol. The fraction of sp³-hybridized carbons (Fsp3) is 0.600. The molecule has 0 fully saturated rings. The molecular formula is C15H25NO. The van der Waals surface area contributed by atoms with Crippen molar-refractivity contribution in [1.29, 1.82) is 0 Å². The highest BCUT2D eigenvalue weighted by molar-refractivity contribution is 5.23. The van der Waals surface area contributed by atoms with Crippen molar-refractivity contribution in [3.63, 3.8) is 0 Å². The first-order valence-electron chi connectivity index (χ1n) is 6.52. The molecule has 1 aromatic rings. The Morgan fingerprint density at radius 3 is 2.24 bits per heavy atom. The van der Waals surface area contributed by atoms with Gasteiger partial charge in [-0.1, -0.05) is 50.6 Å². The van der Waals surface area contributed by atoms with Crippen LogP contribution in [0.5, 0.6) is 0 Å². The summed E-state index contributed by atoms with van der Waals surface area (Å²) < 4.78 is 0. The van der Waals surface area contributed by atoms with Gasteiger partial charge in [-0.15, -0.1) is 0 Å². The van der Waals surface area contributed by atoms with E-state index in [4.69, 9.17) is 0 Å². The van der Waals surface area contributed by atoms with Crippen molar-refractivity contribution in [3.05, 3.63) is 35.4 Å². The number of rotatable bonds is 6. The second kappa shape index (κ2) is 6.77. The highest BCUT2D eigenvalue weighted by Gasteiger charge is 2.13. The van der Waals surface area contributed by atoms with Crippen LogP contribution in [0.3, 0.4) is 0 Å². The van der Waals surface area contributed by atoms with Crippen LogP contribution in [0, 0.1) is 12.8 Å². The topological polar surface area (TPSA) is 32.3 Å². The Labute approximate surface area is 105 Å². The molecule has 0 spiro atoms. The van der Waals surface area contributed by atoms with Crippen molar-refractivity contribution in [2.75, 3.05) is 6.54 Å². The van der Waals surface area contributed by atoms with Gasteiger partial charge in [0.15, 0.2) is 0 Å². The van der Waals surface area contributed by atoms with Gasteiger partial charge in [-0.3, -0.25) is 0 Å². The fourth-order valence-electron chi connectivity index (χ4n) is 2.02. The van der Waals surface area contributed by atoms with Crippen molar-refractivity contribution in [3.8, 4) is 0 Å². The Hall–Kier alpha value is -0.860. The molecular weight excluding hydrogens is 210 g/mol. The third kappa shape index (κ3) is 4.49. The molecule has 96 valence electrons. The second-order valence-corrected chi connectivity index (χ2v) is 5.09. The molecule has 2 heteroatoms. The van der Waals surface area contributed by atoms with Crippen LogP contribution < -0.4 is 5.32 Å². The number of hydrogen-bond acceptors (Lipinski definition) is 2. The molecule has 2 atom stereocenters. The van der Waals surface area contributed by atoms with Crippen LogP contribution >= 0.6 is 0 Å². The van der Waals surface area contributed by atoms with Gasteiger partial charge in [0, 0.05) is 12.6 Å². The summed E-state index contributed by atoms with van der Waals surface area (Å²) in [7, 11) is 0. The molecule has 0 aliphatic rings. The van der Waals surface area contributed by atoms with Gasteiger partial charge in [-0.25, -0.2) is 0 Å². The summed E-state index contributed by atoms with van der Waals surface area (Å²) >= 11 is 0. The lowest BCUT2D eigenvalue weighted by Crippen LogP contribution is -2.36. The van der Waals surface area contributed by atoms with Crippen molar-refractivity contribution in [2.24, 2.45) is 5.92 Å². The van der Waals surface area contributed by atoms with E-state index in [2.05, 4.69) is 33.0 Å². The number of hydrogen-bond donors (Lipinski definition) is 2. The molecule has 2 unspecified atom stereocenters. The van der Waals surface area contributed by atoms with Crippen molar-refractivity contribution < 1.29 is 5.11 Å². The smallest absolute Gasteiger partial charge is 0.0914 e. The Balaban J connectivity index is 2.49. The Morgan fingerprint density at radius 1 is 1.18 bits per heavy atom. The summed E-state index contributed by atoms with van der Waals surface area (Å²) in [4.78, 5) is 0. The largest absolute Gasteiger partial charge is 0.387 e. The molecule has 0 aliphatic heterocycles. The van der Waals surface area contributed by atoms with Crippen molar-refractivity contribution in [1.82, 2.24) is 5.32 Å². The first kappa shape index (κ1) is 14.2. The Bertz CT molecular complexity index is 318. The van der Waals surface area contributed by atoms with E-state index in [1.165, 1.54) is 5.56 Å². The second-order valence-electron chi connectivity index (χ2n) is 5.09. The maximum absolute atomic E-state index is 10.1. The van der Waals surface area contributed by atoms with Crippen LogP contribution in [-0.4, -0.2) is 17.7 Å². The van der Waals surface area contributed by atoms with Gasteiger partial charge in [0.1, 0.15) is 0 Å². The Morgan fingerprint density at radius 2 is 1.76 bits per heavy atom. The van der Waals surface area contributed by atoms with Gasteiger partial charge < -0.3 is 10.4 Å². The molecule has 0 aliphatic carbocycles. The summed E-state index contributed by atoms with van der Waals surface area (Å²) in [5, 5.41) is 13.5. The minimum Gasteiger partial charge on any atom is -0.387 e. The molecule has 1 rings (SSSR count). The molecule has 2 nitrogen and oxygen atoms in total. The zero-order chi connectivity index (χ0) is 12.8. The predicted molar refractivity (Wildman–Crippen MR) is 73.1 cm³/mol. The molecule has 1 aromatic carbocycles. The number of benzene rings is 1. The number of nitrogens with one attached hydrogen (secondary N) is 1. The lowest BCUT2D eigenvalue weighted by atomic mass is 10.0. The lowest BCUT2D eigenvalue weighted by molar-refractivity contribution is 0.165. The van der Waals surface area contributed by atoms with E-state index in [9.17, 15) is 5.11 Å². The standard InChI is InChI=1S/C15H25NO/c1-5-14(11(2)3)16-10-15(17)13-8-6-12(4)7-9-13/h6-9,11,14-17H,5,10H2,1-4H3. The maximum Gasteiger partial charge on any atom is 0.0914 e. The number of aliphatic hydroxyl groups is 1.